The molecule has 3 amide bonds. The predicted octanol–water partition coefficient (Wildman–Crippen LogP) is 2.64. The van der Waals surface area contributed by atoms with E-state index in [4.69, 9.17) is 14.3 Å². The number of nitrogens with one attached hydrogen (secondary N) is 2. The van der Waals surface area contributed by atoms with E-state index in [1.54, 1.807) is 6.92 Å². The Kier molecular flexibility index (Phi) is 8.14. The van der Waals surface area contributed by atoms with Crippen LogP contribution < -0.4 is 15.4 Å². The van der Waals surface area contributed by atoms with Crippen LogP contribution in [0, 0.1) is 0 Å². The molecule has 0 bridgehead atoms. The molecule has 1 fully saturated rings. The number of pyridine rings is 1. The Balaban J connectivity index is 1.68. The van der Waals surface area contributed by atoms with Gasteiger partial charge in [-0.3, -0.25) is 14.4 Å². The molecule has 0 aliphatic carbocycles. The molecule has 1 saturated heterocycles. The van der Waals surface area contributed by atoms with E-state index in [-0.39, 0.29) is 40.0 Å². The number of amides is 3. The molecule has 39 heavy (non-hydrogen) atoms. The number of hydrogen-bond donors (Lipinski definition) is 3. The number of aryl methyl sites for hydroxylation is 2. The topological polar surface area (TPSA) is 139 Å². The molecule has 14 heteroatoms. The summed E-state index contributed by atoms with van der Waals surface area (Å²) in [4.78, 5) is 43.7. The van der Waals surface area contributed by atoms with Crippen LogP contribution in [0.2, 0.25) is 0 Å². The van der Waals surface area contributed by atoms with Gasteiger partial charge in [0, 0.05) is 26.2 Å². The van der Waals surface area contributed by atoms with Crippen LogP contribution in [0.15, 0.2) is 28.9 Å². The lowest BCUT2D eigenvalue weighted by atomic mass is 10.0. The highest BCUT2D eigenvalue weighted by atomic mass is 19.4. The Morgan fingerprint density at radius 3 is 2.54 bits per heavy atom. The van der Waals surface area contributed by atoms with Gasteiger partial charge in [0.15, 0.2) is 23.8 Å². The Morgan fingerprint density at radius 2 is 1.95 bits per heavy atom. The van der Waals surface area contributed by atoms with Crippen molar-refractivity contribution in [1.82, 2.24) is 19.8 Å². The molecule has 0 spiro atoms. The molecule has 0 atom stereocenters. The summed E-state index contributed by atoms with van der Waals surface area (Å²) in [6.07, 6.45) is -2.16. The summed E-state index contributed by atoms with van der Waals surface area (Å²) in [5.74, 6) is -1.94. The predicted molar refractivity (Wildman–Crippen MR) is 132 cm³/mol. The molecule has 0 saturated carbocycles. The maximum absolute atomic E-state index is 13.4. The summed E-state index contributed by atoms with van der Waals surface area (Å²) >= 11 is 0. The first-order valence-electron chi connectivity index (χ1n) is 12.3. The van der Waals surface area contributed by atoms with Crippen molar-refractivity contribution in [2.45, 2.75) is 38.4 Å². The first-order chi connectivity index (χ1) is 18.5. The molecule has 1 aliphatic heterocycles. The lowest BCUT2D eigenvalue weighted by Crippen LogP contribution is -2.47. The van der Waals surface area contributed by atoms with Crippen LogP contribution in [0.1, 0.15) is 46.5 Å². The zero-order chi connectivity index (χ0) is 28.3. The summed E-state index contributed by atoms with van der Waals surface area (Å²) in [5, 5.41) is 14.6. The Morgan fingerprint density at radius 1 is 1.23 bits per heavy atom. The highest BCUT2D eigenvalue weighted by Gasteiger charge is 2.33. The largest absolute Gasteiger partial charge is 0.481 e. The summed E-state index contributed by atoms with van der Waals surface area (Å²) in [7, 11) is 1.49. The van der Waals surface area contributed by atoms with Gasteiger partial charge in [-0.15, -0.1) is 0 Å². The molecule has 1 aliphatic rings. The van der Waals surface area contributed by atoms with Crippen LogP contribution in [-0.4, -0.2) is 75.8 Å². The normalized spacial score (nSPS) is 14.5. The van der Waals surface area contributed by atoms with E-state index in [2.05, 4.69) is 15.6 Å². The van der Waals surface area contributed by atoms with Crippen molar-refractivity contribution >= 4 is 34.4 Å². The number of hydrogen-bond acceptors (Lipinski definition) is 7. The average Bonchev–Trinajstić information content (AvgIpc) is 3.53. The Labute approximate surface area is 220 Å². The lowest BCUT2D eigenvalue weighted by molar-refractivity contribution is -0.153. The van der Waals surface area contributed by atoms with Crippen LogP contribution in [0.5, 0.6) is 5.75 Å². The number of aromatic nitrogens is 2. The second kappa shape index (κ2) is 11.4. The van der Waals surface area contributed by atoms with Crippen LogP contribution in [-0.2, 0) is 18.3 Å². The van der Waals surface area contributed by atoms with E-state index >= 15 is 0 Å². The molecule has 3 aromatic rings. The summed E-state index contributed by atoms with van der Waals surface area (Å²) in [6, 6.07) is 4.08. The van der Waals surface area contributed by atoms with Crippen LogP contribution in [0.25, 0.3) is 11.0 Å². The molecule has 4 heterocycles. The van der Waals surface area contributed by atoms with Crippen molar-refractivity contribution in [1.29, 1.82) is 0 Å². The van der Waals surface area contributed by atoms with E-state index < -0.39 is 37.1 Å². The fourth-order valence-electron chi connectivity index (χ4n) is 4.50. The van der Waals surface area contributed by atoms with Gasteiger partial charge in [-0.1, -0.05) is 6.92 Å². The second-order valence-corrected chi connectivity index (χ2v) is 9.07. The number of furan rings is 1. The van der Waals surface area contributed by atoms with Gasteiger partial charge in [0.05, 0.1) is 23.0 Å². The number of anilines is 1. The maximum Gasteiger partial charge on any atom is 0.422 e. The number of carbonyl (C=O) groups excluding carboxylic acids is 3. The van der Waals surface area contributed by atoms with E-state index in [0.717, 1.165) is 0 Å². The lowest BCUT2D eigenvalue weighted by Gasteiger charge is -2.32. The molecule has 0 radical (unpaired) electrons. The molecular weight excluding hydrogens is 523 g/mol. The van der Waals surface area contributed by atoms with Crippen molar-refractivity contribution in [3.63, 3.8) is 0 Å². The van der Waals surface area contributed by atoms with Gasteiger partial charge in [-0.05, 0) is 37.5 Å². The maximum atomic E-state index is 13.4. The number of fused-ring (bicyclic) bond motifs is 1. The van der Waals surface area contributed by atoms with Crippen LogP contribution in [0.3, 0.4) is 0 Å². The summed E-state index contributed by atoms with van der Waals surface area (Å²) in [5.41, 5.74) is 0.723. The minimum absolute atomic E-state index is 0.0329. The summed E-state index contributed by atoms with van der Waals surface area (Å²) in [6.45, 7) is 0.178. The number of rotatable bonds is 8. The highest BCUT2D eigenvalue weighted by molar-refractivity contribution is 6.06. The van der Waals surface area contributed by atoms with Gasteiger partial charge < -0.3 is 34.4 Å². The van der Waals surface area contributed by atoms with Crippen molar-refractivity contribution in [3.05, 3.63) is 41.6 Å². The average molecular weight is 552 g/mol. The first-order valence-corrected chi connectivity index (χ1v) is 12.3. The van der Waals surface area contributed by atoms with Gasteiger partial charge >= 0.3 is 6.18 Å². The SMILES string of the molecule is CCc1nc2c(cc1NC(=O)c1ccco1)c(OCC(F)(F)F)c(C(=O)NC1CCN(C(=O)CO)CC1)n2C. The Bertz CT molecular complexity index is 1360. The molecule has 3 aromatic heterocycles. The number of halogens is 3. The summed E-state index contributed by atoms with van der Waals surface area (Å²) < 4.78 is 51.1. The van der Waals surface area contributed by atoms with Crippen molar-refractivity contribution in [3.8, 4) is 5.75 Å². The zero-order valence-electron chi connectivity index (χ0n) is 21.3. The van der Waals surface area contributed by atoms with Gasteiger partial charge in [0.25, 0.3) is 11.8 Å². The van der Waals surface area contributed by atoms with Crippen LogP contribution >= 0.6 is 0 Å². The molecule has 3 N–H and O–H groups in total. The van der Waals surface area contributed by atoms with E-state index in [9.17, 15) is 27.6 Å². The third-order valence-corrected chi connectivity index (χ3v) is 6.44. The number of ether oxygens (including phenoxy) is 1. The second-order valence-electron chi connectivity index (χ2n) is 9.07. The molecule has 4 rings (SSSR count). The number of piperidine rings is 1. The number of nitrogens with zero attached hydrogens (tertiary/aromatic N) is 3. The monoisotopic (exact) mass is 551 g/mol. The van der Waals surface area contributed by atoms with Crippen molar-refractivity contribution in [2.24, 2.45) is 7.05 Å². The quantitative estimate of drug-likeness (QED) is 0.391. The first kappa shape index (κ1) is 28.0. The van der Waals surface area contributed by atoms with Crippen molar-refractivity contribution in [2.75, 3.05) is 31.6 Å². The van der Waals surface area contributed by atoms with E-state index in [1.807, 2.05) is 0 Å². The smallest absolute Gasteiger partial charge is 0.422 e. The van der Waals surface area contributed by atoms with Crippen LogP contribution in [0.4, 0.5) is 18.9 Å². The number of alkyl halides is 3. The standard InChI is InChI=1S/C25H28F3N5O6/c1-3-16-17(31-23(36)18-5-4-10-38-18)11-15-21(39-13-25(26,27)28)20(32(2)22(15)30-16)24(37)29-14-6-8-33(9-7-14)19(35)12-34/h4-5,10-11,14,34H,3,6-9,12-13H2,1-2H3,(H,29,37)(H,31,36). The molecule has 210 valence electrons. The minimum Gasteiger partial charge on any atom is -0.481 e. The number of aliphatic hydroxyl groups is 1. The third-order valence-electron chi connectivity index (χ3n) is 6.44. The number of likely N-dealkylation sites (tertiary alicyclic amines) is 1. The van der Waals surface area contributed by atoms with Crippen molar-refractivity contribution < 1.29 is 41.8 Å². The molecule has 0 aromatic carbocycles. The zero-order valence-corrected chi connectivity index (χ0v) is 21.3. The Hall–Kier alpha value is -4.07. The highest BCUT2D eigenvalue weighted by Crippen LogP contribution is 2.36. The fourth-order valence-corrected chi connectivity index (χ4v) is 4.50. The van der Waals surface area contributed by atoms with Gasteiger partial charge in [0.1, 0.15) is 12.3 Å². The molecule has 0 unspecified atom stereocenters. The van der Waals surface area contributed by atoms with Gasteiger partial charge in [0.2, 0.25) is 5.91 Å². The van der Waals surface area contributed by atoms with Gasteiger partial charge in [-0.2, -0.15) is 13.2 Å². The van der Waals surface area contributed by atoms with Gasteiger partial charge in [-0.25, -0.2) is 4.98 Å². The fraction of sp³-hybridized carbons (Fsp3) is 0.440. The van der Waals surface area contributed by atoms with E-state index in [0.29, 0.717) is 38.0 Å². The molecule has 11 nitrogen and oxygen atoms in total. The van der Waals surface area contributed by atoms with E-state index in [1.165, 1.54) is 41.0 Å². The number of carbonyl (C=O) groups is 3. The molecular formula is C25H28F3N5O6. The third kappa shape index (κ3) is 6.16. The number of aliphatic hydroxyl groups excluding tert-OH is 1. The minimum atomic E-state index is -4.67.